The maximum atomic E-state index is 11.3. The van der Waals surface area contributed by atoms with Gasteiger partial charge >= 0.3 is 57.4 Å². The first-order valence-electron chi connectivity index (χ1n) is 8.62. The Balaban J connectivity index is 0.00000256. The second-order valence-corrected chi connectivity index (χ2v) is 6.09. The topological polar surface area (TPSA) is 111 Å². The average Bonchev–Trinajstić information content (AvgIpc) is 3.22. The van der Waals surface area contributed by atoms with Gasteiger partial charge < -0.3 is 19.9 Å². The number of nitrogens with zero attached hydrogens (tertiary/aromatic N) is 4. The second-order valence-electron chi connectivity index (χ2n) is 6.09. The van der Waals surface area contributed by atoms with Crippen molar-refractivity contribution >= 4 is 74.5 Å². The Bertz CT molecular complexity index is 1210. The number of aromatic carboxylic acids is 1. The van der Waals surface area contributed by atoms with E-state index in [1.165, 1.54) is 13.4 Å². The Kier molecular flexibility index (Phi) is 7.05. The van der Waals surface area contributed by atoms with Crippen LogP contribution in [-0.2, 0) is 0 Å². The zero-order valence-electron chi connectivity index (χ0n) is 15.7. The molecule has 0 atom stereocenters. The fourth-order valence-electron chi connectivity index (χ4n) is 2.94. The first-order chi connectivity index (χ1) is 14.1. The molecule has 4 aromatic rings. The van der Waals surface area contributed by atoms with Gasteiger partial charge in [0.2, 0.25) is 0 Å². The normalized spacial score (nSPS) is 10.3. The van der Waals surface area contributed by atoms with E-state index in [2.05, 4.69) is 20.4 Å². The van der Waals surface area contributed by atoms with Crippen LogP contribution in [0.4, 0.5) is 11.5 Å². The van der Waals surface area contributed by atoms with Gasteiger partial charge in [-0.25, -0.2) is 14.3 Å². The van der Waals surface area contributed by atoms with E-state index in [4.69, 9.17) is 9.47 Å². The van der Waals surface area contributed by atoms with Crippen LogP contribution in [0.1, 0.15) is 10.4 Å². The predicted molar refractivity (Wildman–Crippen MR) is 113 cm³/mol. The summed E-state index contributed by atoms with van der Waals surface area (Å²) in [6.07, 6.45) is 3.23. The van der Waals surface area contributed by atoms with E-state index in [0.717, 1.165) is 11.1 Å². The SMILES string of the molecule is COc1ccc(Nc2cc(-c3cccc(C(=O)O)c3)cn3ncnc23)nc1OC.[KH]. The Labute approximate surface area is 214 Å². The molecule has 0 unspecified atom stereocenters. The van der Waals surface area contributed by atoms with Crippen LogP contribution in [-0.4, -0.2) is 96.3 Å². The van der Waals surface area contributed by atoms with Crippen LogP contribution < -0.4 is 14.8 Å². The average molecular weight is 431 g/mol. The fourth-order valence-corrected chi connectivity index (χ4v) is 2.94. The molecule has 1 aromatic carbocycles. The Morgan fingerprint density at radius 1 is 1.10 bits per heavy atom. The van der Waals surface area contributed by atoms with Crippen molar-refractivity contribution in [3.63, 3.8) is 0 Å². The van der Waals surface area contributed by atoms with Gasteiger partial charge in [0.05, 0.1) is 25.5 Å². The Morgan fingerprint density at radius 2 is 1.93 bits per heavy atom. The van der Waals surface area contributed by atoms with Gasteiger partial charge in [-0.3, -0.25) is 0 Å². The van der Waals surface area contributed by atoms with Crippen molar-refractivity contribution in [2.45, 2.75) is 0 Å². The molecule has 0 radical (unpaired) electrons. The summed E-state index contributed by atoms with van der Waals surface area (Å²) in [7, 11) is 3.06. The van der Waals surface area contributed by atoms with Gasteiger partial charge in [-0.2, -0.15) is 10.1 Å². The number of methoxy groups -OCH3 is 2. The number of ether oxygens (including phenoxy) is 2. The second kappa shape index (κ2) is 9.54. The number of nitrogens with one attached hydrogen (secondary N) is 1. The molecule has 0 aliphatic heterocycles. The van der Waals surface area contributed by atoms with Crippen molar-refractivity contribution in [3.05, 3.63) is 60.6 Å². The first-order valence-corrected chi connectivity index (χ1v) is 8.62. The molecule has 3 heterocycles. The van der Waals surface area contributed by atoms with Crippen LogP contribution in [0, 0.1) is 0 Å². The summed E-state index contributed by atoms with van der Waals surface area (Å²) in [4.78, 5) is 20.0. The van der Waals surface area contributed by atoms with Gasteiger partial charge in [0, 0.05) is 11.8 Å². The van der Waals surface area contributed by atoms with Crippen molar-refractivity contribution in [1.29, 1.82) is 0 Å². The van der Waals surface area contributed by atoms with E-state index in [-0.39, 0.29) is 56.9 Å². The van der Waals surface area contributed by atoms with Crippen molar-refractivity contribution in [3.8, 4) is 22.8 Å². The summed E-state index contributed by atoms with van der Waals surface area (Å²) >= 11 is 0. The molecular formula is C20H18KN5O4. The molecule has 0 fully saturated rings. The molecule has 10 heteroatoms. The molecule has 0 aliphatic rings. The van der Waals surface area contributed by atoms with Crippen LogP contribution >= 0.6 is 0 Å². The standard InChI is InChI=1S/C20H17N5O4.K.H/c1-28-16-6-7-17(24-19(16)29-2)23-15-9-14(10-25-18(15)21-11-22-25)12-4-3-5-13(8-12)20(26)27;;/h3-11H,1-2H3,(H,23,24)(H,26,27);;. The molecule has 0 aliphatic carbocycles. The maximum absolute atomic E-state index is 11.3. The molecule has 9 nitrogen and oxygen atoms in total. The van der Waals surface area contributed by atoms with Gasteiger partial charge in [-0.15, -0.1) is 0 Å². The van der Waals surface area contributed by atoms with Crippen LogP contribution in [0.25, 0.3) is 16.8 Å². The van der Waals surface area contributed by atoms with Crippen molar-refractivity contribution in [2.24, 2.45) is 0 Å². The fraction of sp³-hybridized carbons (Fsp3) is 0.100. The Morgan fingerprint density at radius 3 is 2.67 bits per heavy atom. The first kappa shape index (κ1) is 22.2. The third kappa shape index (κ3) is 4.47. The van der Waals surface area contributed by atoms with Crippen LogP contribution in [0.2, 0.25) is 0 Å². The number of hydrogen-bond acceptors (Lipinski definition) is 7. The number of fused-ring (bicyclic) bond motifs is 1. The van der Waals surface area contributed by atoms with E-state index in [1.54, 1.807) is 48.2 Å². The number of carboxylic acids is 1. The molecule has 3 aromatic heterocycles. The molecule has 4 rings (SSSR count). The zero-order valence-corrected chi connectivity index (χ0v) is 15.7. The number of aromatic nitrogens is 4. The van der Waals surface area contributed by atoms with E-state index in [9.17, 15) is 9.90 Å². The molecule has 0 bridgehead atoms. The van der Waals surface area contributed by atoms with E-state index in [0.29, 0.717) is 28.8 Å². The third-order valence-electron chi connectivity index (χ3n) is 4.32. The predicted octanol–water partition coefficient (Wildman–Crippen LogP) is 2.60. The van der Waals surface area contributed by atoms with Gasteiger partial charge in [-0.05, 0) is 35.9 Å². The van der Waals surface area contributed by atoms with Crippen molar-refractivity contribution in [1.82, 2.24) is 19.6 Å². The van der Waals surface area contributed by atoms with E-state index >= 15 is 0 Å². The van der Waals surface area contributed by atoms with Crippen LogP contribution in [0.5, 0.6) is 11.6 Å². The molecule has 148 valence electrons. The van der Waals surface area contributed by atoms with Crippen LogP contribution in [0.3, 0.4) is 0 Å². The van der Waals surface area contributed by atoms with Crippen LogP contribution in [0.15, 0.2) is 55.0 Å². The number of pyridine rings is 2. The number of anilines is 2. The number of hydrogen-bond donors (Lipinski definition) is 2. The van der Waals surface area contributed by atoms with Gasteiger partial charge in [0.25, 0.3) is 5.88 Å². The minimum absolute atomic E-state index is 0. The van der Waals surface area contributed by atoms with Gasteiger partial charge in [0.15, 0.2) is 11.4 Å². The molecule has 30 heavy (non-hydrogen) atoms. The Hall–Kier alpha value is -2.50. The molecule has 0 saturated carbocycles. The van der Waals surface area contributed by atoms with E-state index in [1.807, 2.05) is 12.1 Å². The summed E-state index contributed by atoms with van der Waals surface area (Å²) in [5.41, 5.74) is 2.97. The summed E-state index contributed by atoms with van der Waals surface area (Å²) in [5, 5.41) is 16.7. The summed E-state index contributed by atoms with van der Waals surface area (Å²) in [6.45, 7) is 0. The quantitative estimate of drug-likeness (QED) is 0.448. The molecule has 0 saturated heterocycles. The minimum atomic E-state index is -0.985. The summed E-state index contributed by atoms with van der Waals surface area (Å²) < 4.78 is 12.1. The molecule has 0 spiro atoms. The van der Waals surface area contributed by atoms with Crippen molar-refractivity contribution < 1.29 is 19.4 Å². The third-order valence-corrected chi connectivity index (χ3v) is 4.32. The summed E-state index contributed by atoms with van der Waals surface area (Å²) in [6, 6.07) is 12.1. The number of benzene rings is 1. The van der Waals surface area contributed by atoms with Crippen molar-refractivity contribution in [2.75, 3.05) is 19.5 Å². The molecule has 2 N–H and O–H groups in total. The monoisotopic (exact) mass is 431 g/mol. The molecule has 0 amide bonds. The zero-order chi connectivity index (χ0) is 20.4. The van der Waals surface area contributed by atoms with Gasteiger partial charge in [0.1, 0.15) is 12.1 Å². The number of carboxylic acid groups (broad SMARTS) is 1. The number of carbonyl (C=O) groups is 1. The summed E-state index contributed by atoms with van der Waals surface area (Å²) in [5.74, 6) is 0.413. The van der Waals surface area contributed by atoms with Gasteiger partial charge in [-0.1, -0.05) is 12.1 Å². The van der Waals surface area contributed by atoms with E-state index < -0.39 is 5.97 Å². The number of rotatable bonds is 6. The molecular weight excluding hydrogens is 413 g/mol.